The summed E-state index contributed by atoms with van der Waals surface area (Å²) in [5.41, 5.74) is 1.29. The van der Waals surface area contributed by atoms with Crippen LogP contribution in [-0.4, -0.2) is 44.4 Å². The predicted octanol–water partition coefficient (Wildman–Crippen LogP) is 0.579. The third kappa shape index (κ3) is 4.02. The van der Waals surface area contributed by atoms with Crippen LogP contribution in [0.25, 0.3) is 0 Å². The van der Waals surface area contributed by atoms with Crippen LogP contribution in [0, 0.1) is 0 Å². The van der Waals surface area contributed by atoms with Gasteiger partial charge in [0.25, 0.3) is 0 Å². The highest BCUT2D eigenvalue weighted by Crippen LogP contribution is 2.13. The molecule has 2 atom stereocenters. The summed E-state index contributed by atoms with van der Waals surface area (Å²) in [5, 5.41) is 0.915. The molecule has 3 nitrogen and oxygen atoms in total. The molecule has 2 saturated heterocycles. The number of quaternary nitrogens is 2. The van der Waals surface area contributed by atoms with Crippen LogP contribution in [0.4, 0.5) is 0 Å². The Morgan fingerprint density at radius 2 is 1.73 bits per heavy atom. The smallest absolute Gasteiger partial charge is 0.104 e. The molecule has 0 aliphatic carbocycles. The monoisotopic (exact) mass is 324 g/mol. The van der Waals surface area contributed by atoms with Crippen LogP contribution in [0.1, 0.15) is 32.3 Å². The first-order chi connectivity index (χ1) is 10.6. The topological polar surface area (TPSA) is 18.1 Å². The number of ether oxygens (including phenoxy) is 1. The first-order valence-corrected chi connectivity index (χ1v) is 9.06. The molecule has 22 heavy (non-hydrogen) atoms. The van der Waals surface area contributed by atoms with Crippen molar-refractivity contribution in [2.24, 2.45) is 0 Å². The fourth-order valence-electron chi connectivity index (χ4n) is 4.17. The number of hydrogen-bond donors (Lipinski definition) is 2. The van der Waals surface area contributed by atoms with Gasteiger partial charge in [0.1, 0.15) is 31.8 Å². The number of halogens is 1. The van der Waals surface area contributed by atoms with E-state index in [4.69, 9.17) is 16.3 Å². The van der Waals surface area contributed by atoms with E-state index in [1.165, 1.54) is 44.6 Å². The second kappa shape index (κ2) is 7.31. The SMILES string of the molecule is CC1C[NH+](C2CC[NH+](Cc3ccccc3Cl)CC2)CC(C)O1. The van der Waals surface area contributed by atoms with Crippen molar-refractivity contribution in [1.29, 1.82) is 0 Å². The summed E-state index contributed by atoms with van der Waals surface area (Å²) in [6.45, 7) is 10.4. The molecule has 0 radical (unpaired) electrons. The molecule has 0 aromatic heterocycles. The van der Waals surface area contributed by atoms with E-state index in [0.29, 0.717) is 12.2 Å². The van der Waals surface area contributed by atoms with Gasteiger partial charge >= 0.3 is 0 Å². The lowest BCUT2D eigenvalue weighted by Crippen LogP contribution is -3.22. The Hall–Kier alpha value is -0.610. The van der Waals surface area contributed by atoms with Gasteiger partial charge in [-0.3, -0.25) is 0 Å². The summed E-state index contributed by atoms with van der Waals surface area (Å²) in [6, 6.07) is 9.09. The summed E-state index contributed by atoms with van der Waals surface area (Å²) in [4.78, 5) is 3.45. The van der Waals surface area contributed by atoms with Crippen molar-refractivity contribution in [3.8, 4) is 0 Å². The van der Waals surface area contributed by atoms with Crippen LogP contribution < -0.4 is 9.80 Å². The molecule has 0 spiro atoms. The van der Waals surface area contributed by atoms with Gasteiger partial charge in [-0.25, -0.2) is 0 Å². The maximum absolute atomic E-state index is 6.29. The van der Waals surface area contributed by atoms with Crippen molar-refractivity contribution in [3.63, 3.8) is 0 Å². The molecule has 0 saturated carbocycles. The number of morpholine rings is 1. The Labute approximate surface area is 139 Å². The third-order valence-electron chi connectivity index (χ3n) is 5.23. The summed E-state index contributed by atoms with van der Waals surface area (Å²) >= 11 is 6.29. The van der Waals surface area contributed by atoms with Gasteiger partial charge in [-0.2, -0.15) is 0 Å². The highest BCUT2D eigenvalue weighted by atomic mass is 35.5. The van der Waals surface area contributed by atoms with E-state index >= 15 is 0 Å². The summed E-state index contributed by atoms with van der Waals surface area (Å²) in [6.07, 6.45) is 3.47. The van der Waals surface area contributed by atoms with E-state index in [2.05, 4.69) is 26.0 Å². The van der Waals surface area contributed by atoms with Gasteiger partial charge in [0.05, 0.1) is 19.1 Å². The highest BCUT2D eigenvalue weighted by molar-refractivity contribution is 6.31. The van der Waals surface area contributed by atoms with E-state index in [1.807, 2.05) is 12.1 Å². The van der Waals surface area contributed by atoms with Gasteiger partial charge in [-0.1, -0.05) is 29.8 Å². The van der Waals surface area contributed by atoms with Crippen LogP contribution in [0.15, 0.2) is 24.3 Å². The molecule has 2 aliphatic rings. The summed E-state index contributed by atoms with van der Waals surface area (Å²) in [5.74, 6) is 0. The Kier molecular flexibility index (Phi) is 5.40. The molecule has 2 fully saturated rings. The molecule has 0 bridgehead atoms. The first kappa shape index (κ1) is 16.3. The van der Waals surface area contributed by atoms with Crippen molar-refractivity contribution >= 4 is 11.6 Å². The van der Waals surface area contributed by atoms with Gasteiger partial charge in [0.2, 0.25) is 0 Å². The van der Waals surface area contributed by atoms with Crippen LogP contribution in [0.3, 0.4) is 0 Å². The number of likely N-dealkylation sites (tertiary alicyclic amines) is 1. The van der Waals surface area contributed by atoms with Crippen LogP contribution in [0.5, 0.6) is 0 Å². The molecule has 3 rings (SSSR count). The van der Waals surface area contributed by atoms with Crippen molar-refractivity contribution in [2.75, 3.05) is 26.2 Å². The standard InChI is InChI=1S/C18H27ClN2O/c1-14-11-21(12-15(2)22-14)17-7-9-20(10-8-17)13-16-5-3-4-6-18(16)19/h3-6,14-15,17H,7-13H2,1-2H3/p+2. The molecule has 2 heterocycles. The zero-order valence-corrected chi connectivity index (χ0v) is 14.5. The lowest BCUT2D eigenvalue weighted by atomic mass is 10.0. The normalized spacial score (nSPS) is 36.2. The van der Waals surface area contributed by atoms with Gasteiger partial charge in [-0.05, 0) is 19.9 Å². The number of piperidine rings is 1. The third-order valence-corrected chi connectivity index (χ3v) is 5.60. The Morgan fingerprint density at radius 3 is 2.36 bits per heavy atom. The largest absolute Gasteiger partial charge is 0.364 e. The van der Waals surface area contributed by atoms with E-state index in [1.54, 1.807) is 9.80 Å². The van der Waals surface area contributed by atoms with Crippen LogP contribution in [0.2, 0.25) is 5.02 Å². The average Bonchev–Trinajstić information content (AvgIpc) is 2.49. The van der Waals surface area contributed by atoms with Crippen molar-refractivity contribution < 1.29 is 14.5 Å². The summed E-state index contributed by atoms with van der Waals surface area (Å²) in [7, 11) is 0. The molecule has 2 unspecified atom stereocenters. The zero-order valence-electron chi connectivity index (χ0n) is 13.8. The van der Waals surface area contributed by atoms with Crippen LogP contribution >= 0.6 is 11.6 Å². The quantitative estimate of drug-likeness (QED) is 0.832. The number of hydrogen-bond acceptors (Lipinski definition) is 1. The molecule has 0 amide bonds. The van der Waals surface area contributed by atoms with E-state index in [9.17, 15) is 0 Å². The number of rotatable bonds is 3. The van der Waals surface area contributed by atoms with E-state index < -0.39 is 0 Å². The van der Waals surface area contributed by atoms with Crippen molar-refractivity contribution in [2.45, 2.75) is 51.5 Å². The molecule has 4 heteroatoms. The molecular formula is C18H29ClN2O+2. The average molecular weight is 325 g/mol. The molecule has 122 valence electrons. The minimum Gasteiger partial charge on any atom is -0.364 e. The van der Waals surface area contributed by atoms with Crippen molar-refractivity contribution in [1.82, 2.24) is 0 Å². The second-order valence-corrected chi connectivity index (χ2v) is 7.52. The van der Waals surface area contributed by atoms with Gasteiger partial charge < -0.3 is 14.5 Å². The lowest BCUT2D eigenvalue weighted by molar-refractivity contribution is -0.970. The van der Waals surface area contributed by atoms with Crippen molar-refractivity contribution in [3.05, 3.63) is 34.9 Å². The zero-order chi connectivity index (χ0) is 15.5. The van der Waals surface area contributed by atoms with Gasteiger partial charge in [0.15, 0.2) is 0 Å². The molecule has 1 aromatic rings. The maximum atomic E-state index is 6.29. The molecule has 1 aromatic carbocycles. The van der Waals surface area contributed by atoms with Crippen LogP contribution in [-0.2, 0) is 11.3 Å². The minimum atomic E-state index is 0.409. The lowest BCUT2D eigenvalue weighted by Gasteiger charge is -2.39. The summed E-state index contributed by atoms with van der Waals surface area (Å²) < 4.78 is 5.88. The highest BCUT2D eigenvalue weighted by Gasteiger charge is 2.35. The number of nitrogens with one attached hydrogen (secondary N) is 2. The molecule has 2 N–H and O–H groups in total. The second-order valence-electron chi connectivity index (χ2n) is 7.12. The maximum Gasteiger partial charge on any atom is 0.104 e. The number of benzene rings is 1. The Bertz CT molecular complexity index is 478. The molecular weight excluding hydrogens is 296 g/mol. The fraction of sp³-hybridized carbons (Fsp3) is 0.667. The fourth-order valence-corrected chi connectivity index (χ4v) is 4.37. The van der Waals surface area contributed by atoms with E-state index in [-0.39, 0.29) is 0 Å². The van der Waals surface area contributed by atoms with Gasteiger partial charge in [-0.15, -0.1) is 0 Å². The molecule has 2 aliphatic heterocycles. The van der Waals surface area contributed by atoms with Gasteiger partial charge in [0, 0.05) is 23.4 Å². The Morgan fingerprint density at radius 1 is 1.09 bits per heavy atom. The first-order valence-electron chi connectivity index (χ1n) is 8.69. The van der Waals surface area contributed by atoms with E-state index in [0.717, 1.165) is 17.6 Å². The predicted molar refractivity (Wildman–Crippen MR) is 89.6 cm³/mol. The minimum absolute atomic E-state index is 0.409. The Balaban J connectivity index is 1.51.